The van der Waals surface area contributed by atoms with E-state index in [9.17, 15) is 9.59 Å². The highest BCUT2D eigenvalue weighted by atomic mass is 16.5. The van der Waals surface area contributed by atoms with Crippen molar-refractivity contribution in [3.63, 3.8) is 0 Å². The molecule has 4 nitrogen and oxygen atoms in total. The minimum Gasteiger partial charge on any atom is -0.494 e. The third-order valence-electron chi connectivity index (χ3n) is 4.68. The van der Waals surface area contributed by atoms with Gasteiger partial charge in [-0.3, -0.25) is 9.59 Å². The van der Waals surface area contributed by atoms with Crippen molar-refractivity contribution in [2.75, 3.05) is 13.7 Å². The molecule has 2 aromatic rings. The number of benzene rings is 2. The number of carbonyl (C=O) groups excluding carboxylic acids is 2. The average Bonchev–Trinajstić information content (AvgIpc) is 2.73. The molecule has 0 N–H and O–H groups in total. The van der Waals surface area contributed by atoms with Gasteiger partial charge in [0.25, 0.3) is 0 Å². The van der Waals surface area contributed by atoms with Crippen molar-refractivity contribution in [1.82, 2.24) is 0 Å². The van der Waals surface area contributed by atoms with E-state index in [0.717, 1.165) is 61.2 Å². The summed E-state index contributed by atoms with van der Waals surface area (Å²) >= 11 is 0. The fourth-order valence-corrected chi connectivity index (χ4v) is 2.89. The zero-order valence-corrected chi connectivity index (χ0v) is 16.9. The van der Waals surface area contributed by atoms with E-state index in [4.69, 9.17) is 4.74 Å². The number of carbonyl (C=O) groups is 2. The minimum absolute atomic E-state index is 0.143. The quantitative estimate of drug-likeness (QED) is 0.288. The monoisotopic (exact) mass is 382 g/mol. The van der Waals surface area contributed by atoms with Crippen molar-refractivity contribution in [3.05, 3.63) is 65.2 Å². The maximum Gasteiger partial charge on any atom is 0.305 e. The highest BCUT2D eigenvalue weighted by molar-refractivity contribution is 5.96. The van der Waals surface area contributed by atoms with Gasteiger partial charge in [-0.25, -0.2) is 0 Å². The zero-order valence-electron chi connectivity index (χ0n) is 16.9. The summed E-state index contributed by atoms with van der Waals surface area (Å²) < 4.78 is 10.3. The molecule has 0 bridgehead atoms. The van der Waals surface area contributed by atoms with Crippen LogP contribution < -0.4 is 4.74 Å². The Labute approximate surface area is 167 Å². The largest absolute Gasteiger partial charge is 0.494 e. The van der Waals surface area contributed by atoms with E-state index < -0.39 is 0 Å². The lowest BCUT2D eigenvalue weighted by molar-refractivity contribution is -0.140. The second kappa shape index (κ2) is 12.0. The number of hydrogen-bond donors (Lipinski definition) is 0. The number of hydrogen-bond acceptors (Lipinski definition) is 4. The maximum absolute atomic E-state index is 12.4. The summed E-state index contributed by atoms with van der Waals surface area (Å²) in [5, 5.41) is 0. The van der Waals surface area contributed by atoms with Gasteiger partial charge in [0, 0.05) is 18.4 Å². The molecule has 0 aliphatic carbocycles. The van der Waals surface area contributed by atoms with Crippen molar-refractivity contribution in [2.24, 2.45) is 0 Å². The molecule has 2 aromatic carbocycles. The second-order valence-electron chi connectivity index (χ2n) is 6.90. The molecule has 2 rings (SSSR count). The third kappa shape index (κ3) is 7.55. The van der Waals surface area contributed by atoms with Crippen LogP contribution in [0.2, 0.25) is 0 Å². The Hall–Kier alpha value is -2.62. The molecule has 28 heavy (non-hydrogen) atoms. The molecular formula is C24H30O4. The van der Waals surface area contributed by atoms with Crippen LogP contribution in [0.4, 0.5) is 0 Å². The Bertz CT molecular complexity index is 732. The number of Topliss-reactive ketones (excluding diaryl/α,β-unsaturated/α-hetero) is 1. The predicted molar refractivity (Wildman–Crippen MR) is 111 cm³/mol. The molecule has 0 aromatic heterocycles. The second-order valence-corrected chi connectivity index (χ2v) is 6.90. The number of ether oxygens (including phenoxy) is 2. The molecule has 0 aliphatic heterocycles. The van der Waals surface area contributed by atoms with Crippen LogP contribution >= 0.6 is 0 Å². The SMILES string of the molecule is CCCCOc1ccc(CCC(=O)c2ccc(CCCC(=O)OC)cc2)cc1. The van der Waals surface area contributed by atoms with Crippen molar-refractivity contribution in [1.29, 1.82) is 0 Å². The van der Waals surface area contributed by atoms with Gasteiger partial charge in [0.15, 0.2) is 5.78 Å². The first kappa shape index (κ1) is 21.7. The average molecular weight is 383 g/mol. The van der Waals surface area contributed by atoms with Crippen LogP contribution in [0.15, 0.2) is 48.5 Å². The number of esters is 1. The van der Waals surface area contributed by atoms with Crippen molar-refractivity contribution >= 4 is 11.8 Å². The van der Waals surface area contributed by atoms with E-state index >= 15 is 0 Å². The van der Waals surface area contributed by atoms with Crippen molar-refractivity contribution in [2.45, 2.75) is 51.9 Å². The van der Waals surface area contributed by atoms with Gasteiger partial charge in [-0.1, -0.05) is 49.7 Å². The maximum atomic E-state index is 12.4. The lowest BCUT2D eigenvalue weighted by Gasteiger charge is -2.07. The summed E-state index contributed by atoms with van der Waals surface area (Å²) in [5.41, 5.74) is 2.99. The molecule has 0 saturated carbocycles. The molecule has 0 atom stereocenters. The molecule has 0 saturated heterocycles. The zero-order chi connectivity index (χ0) is 20.2. The lowest BCUT2D eigenvalue weighted by atomic mass is 10.0. The molecule has 0 unspecified atom stereocenters. The van der Waals surface area contributed by atoms with Gasteiger partial charge in [0.05, 0.1) is 13.7 Å². The van der Waals surface area contributed by atoms with Crippen LogP contribution in [-0.2, 0) is 22.4 Å². The molecule has 0 spiro atoms. The topological polar surface area (TPSA) is 52.6 Å². The molecule has 150 valence electrons. The summed E-state index contributed by atoms with van der Waals surface area (Å²) in [7, 11) is 1.40. The third-order valence-corrected chi connectivity index (χ3v) is 4.68. The Kier molecular flexibility index (Phi) is 9.26. The van der Waals surface area contributed by atoms with E-state index in [1.54, 1.807) is 0 Å². The predicted octanol–water partition coefficient (Wildman–Crippen LogP) is 5.18. The number of ketones is 1. The summed E-state index contributed by atoms with van der Waals surface area (Å²) in [5.74, 6) is 0.836. The van der Waals surface area contributed by atoms with Gasteiger partial charge in [-0.05, 0) is 48.9 Å². The first-order valence-electron chi connectivity index (χ1n) is 10.0. The van der Waals surface area contributed by atoms with Gasteiger partial charge in [0.2, 0.25) is 0 Å². The van der Waals surface area contributed by atoms with E-state index in [2.05, 4.69) is 11.7 Å². The van der Waals surface area contributed by atoms with Gasteiger partial charge >= 0.3 is 5.97 Å². The fourth-order valence-electron chi connectivity index (χ4n) is 2.89. The van der Waals surface area contributed by atoms with Crippen molar-refractivity contribution < 1.29 is 19.1 Å². The molecule has 0 radical (unpaired) electrons. The van der Waals surface area contributed by atoms with E-state index in [-0.39, 0.29) is 11.8 Å². The van der Waals surface area contributed by atoms with Crippen LogP contribution in [0.25, 0.3) is 0 Å². The highest BCUT2D eigenvalue weighted by Gasteiger charge is 2.07. The Morgan fingerprint density at radius 1 is 0.821 bits per heavy atom. The van der Waals surface area contributed by atoms with E-state index in [1.807, 2.05) is 48.5 Å². The number of aryl methyl sites for hydroxylation is 2. The van der Waals surface area contributed by atoms with Gasteiger partial charge in [0.1, 0.15) is 5.75 Å². The summed E-state index contributed by atoms with van der Waals surface area (Å²) in [6.45, 7) is 2.88. The normalized spacial score (nSPS) is 10.5. The standard InChI is InChI=1S/C24H30O4/c1-3-4-18-28-22-15-10-20(11-16-22)12-17-23(25)21-13-8-19(9-14-21)6-5-7-24(26)27-2/h8-11,13-16H,3-7,12,17-18H2,1-2H3. The number of methoxy groups -OCH3 is 1. The smallest absolute Gasteiger partial charge is 0.305 e. The summed E-state index contributed by atoms with van der Waals surface area (Å²) in [6, 6.07) is 15.7. The van der Waals surface area contributed by atoms with E-state index in [0.29, 0.717) is 12.8 Å². The van der Waals surface area contributed by atoms with Crippen LogP contribution in [0.3, 0.4) is 0 Å². The van der Waals surface area contributed by atoms with Gasteiger partial charge < -0.3 is 9.47 Å². The Balaban J connectivity index is 1.77. The molecule has 0 aliphatic rings. The Morgan fingerprint density at radius 2 is 1.46 bits per heavy atom. The molecule has 0 amide bonds. The highest BCUT2D eigenvalue weighted by Crippen LogP contribution is 2.16. The van der Waals surface area contributed by atoms with Gasteiger partial charge in [-0.15, -0.1) is 0 Å². The van der Waals surface area contributed by atoms with Crippen LogP contribution in [-0.4, -0.2) is 25.5 Å². The Morgan fingerprint density at radius 3 is 2.11 bits per heavy atom. The van der Waals surface area contributed by atoms with Gasteiger partial charge in [-0.2, -0.15) is 0 Å². The molecule has 4 heteroatoms. The first-order chi connectivity index (χ1) is 13.6. The van der Waals surface area contributed by atoms with Crippen molar-refractivity contribution in [3.8, 4) is 5.75 Å². The summed E-state index contributed by atoms with van der Waals surface area (Å²) in [6.07, 6.45) is 5.34. The van der Waals surface area contributed by atoms with Crippen LogP contribution in [0, 0.1) is 0 Å². The molecular weight excluding hydrogens is 352 g/mol. The minimum atomic E-state index is -0.188. The number of rotatable bonds is 12. The number of unbranched alkanes of at least 4 members (excludes halogenated alkanes) is 1. The molecule has 0 fully saturated rings. The van der Waals surface area contributed by atoms with Crippen LogP contribution in [0.1, 0.15) is 60.5 Å². The fraction of sp³-hybridized carbons (Fsp3) is 0.417. The first-order valence-corrected chi connectivity index (χ1v) is 10.0. The summed E-state index contributed by atoms with van der Waals surface area (Å²) in [4.78, 5) is 23.6. The van der Waals surface area contributed by atoms with Crippen LogP contribution in [0.5, 0.6) is 5.75 Å². The molecule has 0 heterocycles. The van der Waals surface area contributed by atoms with E-state index in [1.165, 1.54) is 7.11 Å². The lowest BCUT2D eigenvalue weighted by Crippen LogP contribution is -2.02.